The summed E-state index contributed by atoms with van der Waals surface area (Å²) in [6.45, 7) is 4.18. The number of hydrogen-bond donors (Lipinski definition) is 2. The summed E-state index contributed by atoms with van der Waals surface area (Å²) in [5.74, 6) is 1.44. The smallest absolute Gasteiger partial charge is 0.255 e. The summed E-state index contributed by atoms with van der Waals surface area (Å²) >= 11 is 0. The summed E-state index contributed by atoms with van der Waals surface area (Å²) < 4.78 is 11.0. The van der Waals surface area contributed by atoms with Gasteiger partial charge in [-0.25, -0.2) is 0 Å². The number of hydrogen-bond acceptors (Lipinski definition) is 5. The van der Waals surface area contributed by atoms with Crippen molar-refractivity contribution in [2.75, 3.05) is 5.32 Å². The highest BCUT2D eigenvalue weighted by Gasteiger charge is 2.24. The predicted octanol–water partition coefficient (Wildman–Crippen LogP) is 3.72. The van der Waals surface area contributed by atoms with Gasteiger partial charge in [0.05, 0.1) is 16.8 Å². The number of nitrogens with zero attached hydrogens (tertiary/aromatic N) is 1. The average Bonchev–Trinajstić information content (AvgIpc) is 2.98. The van der Waals surface area contributed by atoms with Crippen LogP contribution in [-0.2, 0) is 6.61 Å². The maximum atomic E-state index is 12.2. The van der Waals surface area contributed by atoms with Crippen molar-refractivity contribution in [1.29, 1.82) is 0 Å². The number of benzene rings is 2. The maximum Gasteiger partial charge on any atom is 0.255 e. The van der Waals surface area contributed by atoms with E-state index in [1.54, 1.807) is 6.07 Å². The van der Waals surface area contributed by atoms with E-state index in [2.05, 4.69) is 15.8 Å². The minimum Gasteiger partial charge on any atom is -0.489 e. The van der Waals surface area contributed by atoms with E-state index in [1.807, 2.05) is 56.3 Å². The molecule has 26 heavy (non-hydrogen) atoms. The number of rotatable bonds is 4. The largest absolute Gasteiger partial charge is 0.489 e. The van der Waals surface area contributed by atoms with Gasteiger partial charge in [-0.3, -0.25) is 4.79 Å². The Kier molecular flexibility index (Phi) is 4.08. The first kappa shape index (κ1) is 16.2. The predicted molar refractivity (Wildman–Crippen MR) is 97.0 cm³/mol. The number of anilines is 1. The van der Waals surface area contributed by atoms with Crippen molar-refractivity contribution in [3.63, 3.8) is 0 Å². The number of aryl methyl sites for hydroxylation is 2. The Morgan fingerprint density at radius 1 is 1.08 bits per heavy atom. The first-order valence-electron chi connectivity index (χ1n) is 8.43. The van der Waals surface area contributed by atoms with E-state index >= 15 is 0 Å². The second-order valence-electron chi connectivity index (χ2n) is 6.26. The lowest BCUT2D eigenvalue weighted by atomic mass is 10.1. The van der Waals surface area contributed by atoms with E-state index in [9.17, 15) is 4.79 Å². The molecule has 1 aliphatic rings. The van der Waals surface area contributed by atoms with Crippen LogP contribution in [0.3, 0.4) is 0 Å². The molecule has 2 aromatic carbocycles. The van der Waals surface area contributed by atoms with Gasteiger partial charge in [-0.05, 0) is 43.7 Å². The fourth-order valence-electron chi connectivity index (χ4n) is 2.99. The number of aromatic nitrogens is 1. The van der Waals surface area contributed by atoms with Gasteiger partial charge < -0.3 is 19.9 Å². The minimum absolute atomic E-state index is 0.0805. The Morgan fingerprint density at radius 3 is 2.58 bits per heavy atom. The zero-order chi connectivity index (χ0) is 18.1. The molecule has 1 amide bonds. The van der Waals surface area contributed by atoms with E-state index < -0.39 is 0 Å². The van der Waals surface area contributed by atoms with Crippen molar-refractivity contribution in [2.24, 2.45) is 0 Å². The van der Waals surface area contributed by atoms with Crippen LogP contribution in [0, 0.1) is 13.8 Å². The molecular formula is C20H19N3O3. The van der Waals surface area contributed by atoms with Crippen molar-refractivity contribution in [1.82, 2.24) is 10.5 Å². The lowest BCUT2D eigenvalue weighted by Gasteiger charge is -2.28. The zero-order valence-corrected chi connectivity index (χ0v) is 14.6. The van der Waals surface area contributed by atoms with E-state index in [0.29, 0.717) is 12.2 Å². The molecule has 1 atom stereocenters. The molecule has 0 unspecified atom stereocenters. The number of fused-ring (bicyclic) bond motifs is 1. The molecule has 0 saturated heterocycles. The van der Waals surface area contributed by atoms with Crippen LogP contribution < -0.4 is 15.4 Å². The third-order valence-corrected chi connectivity index (χ3v) is 4.52. The molecule has 0 bridgehead atoms. The summed E-state index contributed by atoms with van der Waals surface area (Å²) in [7, 11) is 0. The van der Waals surface area contributed by atoms with Crippen molar-refractivity contribution in [3.8, 4) is 5.75 Å². The van der Waals surface area contributed by atoms with Gasteiger partial charge in [-0.2, -0.15) is 0 Å². The van der Waals surface area contributed by atoms with E-state index in [1.165, 1.54) is 0 Å². The Labute approximate surface area is 151 Å². The van der Waals surface area contributed by atoms with Gasteiger partial charge in [0.1, 0.15) is 24.3 Å². The van der Waals surface area contributed by atoms with E-state index in [-0.39, 0.29) is 12.1 Å². The number of carbonyl (C=O) groups excluding carboxylic acids is 1. The third-order valence-electron chi connectivity index (χ3n) is 4.52. The van der Waals surface area contributed by atoms with Crippen LogP contribution in [0.15, 0.2) is 53.1 Å². The van der Waals surface area contributed by atoms with Gasteiger partial charge in [0.2, 0.25) is 0 Å². The Hall–Kier alpha value is -3.28. The lowest BCUT2D eigenvalue weighted by Crippen LogP contribution is -2.38. The summed E-state index contributed by atoms with van der Waals surface area (Å²) in [5.41, 5.74) is 4.25. The third kappa shape index (κ3) is 3.01. The molecule has 0 spiro atoms. The molecule has 2 heterocycles. The van der Waals surface area contributed by atoms with Gasteiger partial charge in [-0.15, -0.1) is 0 Å². The summed E-state index contributed by atoms with van der Waals surface area (Å²) in [4.78, 5) is 12.2. The molecule has 6 nitrogen and oxygen atoms in total. The quantitative estimate of drug-likeness (QED) is 0.751. The molecule has 3 aromatic rings. The Bertz CT molecular complexity index is 928. The topological polar surface area (TPSA) is 76.4 Å². The molecule has 0 radical (unpaired) electrons. The Morgan fingerprint density at radius 2 is 1.85 bits per heavy atom. The number of para-hydroxylation sites is 1. The fraction of sp³-hybridized carbons (Fsp3) is 0.200. The molecule has 132 valence electrons. The van der Waals surface area contributed by atoms with Crippen LogP contribution in [0.25, 0.3) is 0 Å². The van der Waals surface area contributed by atoms with Crippen molar-refractivity contribution < 1.29 is 14.1 Å². The van der Waals surface area contributed by atoms with Gasteiger partial charge in [0, 0.05) is 5.69 Å². The van der Waals surface area contributed by atoms with Crippen LogP contribution in [0.2, 0.25) is 0 Å². The zero-order valence-electron chi connectivity index (χ0n) is 14.6. The lowest BCUT2D eigenvalue weighted by molar-refractivity contribution is 0.0935. The number of ether oxygens (including phenoxy) is 1. The first-order chi connectivity index (χ1) is 12.6. The standard InChI is InChI=1S/C20H19N3O3/c1-12-17(13(2)26-23-12)11-25-15-9-7-14(8-10-15)19-21-18-6-4-3-5-16(18)20(24)22-19/h3-10,19,21H,11H2,1-2H3,(H,22,24)/t19-/m0/s1. The molecule has 2 N–H and O–H groups in total. The van der Waals surface area contributed by atoms with Crippen LogP contribution in [0.1, 0.15) is 39.1 Å². The summed E-state index contributed by atoms with van der Waals surface area (Å²) in [5, 5.41) is 10.2. The van der Waals surface area contributed by atoms with Crippen LogP contribution in [0.4, 0.5) is 5.69 Å². The highest BCUT2D eigenvalue weighted by atomic mass is 16.5. The monoisotopic (exact) mass is 349 g/mol. The highest BCUT2D eigenvalue weighted by molar-refractivity contribution is 6.01. The normalized spacial score (nSPS) is 15.8. The van der Waals surface area contributed by atoms with Crippen molar-refractivity contribution in [3.05, 3.63) is 76.7 Å². The molecule has 0 fully saturated rings. The second kappa shape index (κ2) is 6.55. The van der Waals surface area contributed by atoms with Gasteiger partial charge in [0.25, 0.3) is 5.91 Å². The van der Waals surface area contributed by atoms with Gasteiger partial charge in [-0.1, -0.05) is 29.4 Å². The van der Waals surface area contributed by atoms with Gasteiger partial charge >= 0.3 is 0 Å². The van der Waals surface area contributed by atoms with Crippen LogP contribution in [0.5, 0.6) is 5.75 Å². The number of carbonyl (C=O) groups is 1. The molecular weight excluding hydrogens is 330 g/mol. The maximum absolute atomic E-state index is 12.2. The first-order valence-corrected chi connectivity index (χ1v) is 8.43. The average molecular weight is 349 g/mol. The van der Waals surface area contributed by atoms with Crippen LogP contribution in [-0.4, -0.2) is 11.1 Å². The molecule has 0 aliphatic carbocycles. The van der Waals surface area contributed by atoms with E-state index in [0.717, 1.165) is 34.0 Å². The van der Waals surface area contributed by atoms with E-state index in [4.69, 9.17) is 9.26 Å². The molecule has 1 aliphatic heterocycles. The summed E-state index contributed by atoms with van der Waals surface area (Å²) in [6.07, 6.45) is -0.269. The molecule has 4 rings (SSSR count). The fourth-order valence-corrected chi connectivity index (χ4v) is 2.99. The molecule has 1 aromatic heterocycles. The highest BCUT2D eigenvalue weighted by Crippen LogP contribution is 2.27. The molecule has 6 heteroatoms. The number of nitrogens with one attached hydrogen (secondary N) is 2. The minimum atomic E-state index is -0.269. The van der Waals surface area contributed by atoms with Crippen LogP contribution >= 0.6 is 0 Å². The van der Waals surface area contributed by atoms with Gasteiger partial charge in [0.15, 0.2) is 0 Å². The summed E-state index contributed by atoms with van der Waals surface area (Å²) in [6, 6.07) is 15.1. The SMILES string of the molecule is Cc1noc(C)c1COc1ccc([C@@H]2NC(=O)c3ccccc3N2)cc1. The number of amides is 1. The second-order valence-corrected chi connectivity index (χ2v) is 6.26. The van der Waals surface area contributed by atoms with Crippen molar-refractivity contribution >= 4 is 11.6 Å². The molecule has 0 saturated carbocycles. The van der Waals surface area contributed by atoms with Crippen molar-refractivity contribution in [2.45, 2.75) is 26.6 Å². The Balaban J connectivity index is 1.46.